The van der Waals surface area contributed by atoms with Gasteiger partial charge in [-0.3, -0.25) is 18.8 Å². The molecule has 1 amide bonds. The molecule has 0 spiro atoms. The van der Waals surface area contributed by atoms with Crippen molar-refractivity contribution in [2.24, 2.45) is 23.7 Å². The van der Waals surface area contributed by atoms with Crippen molar-refractivity contribution >= 4 is 50.8 Å². The van der Waals surface area contributed by atoms with Gasteiger partial charge in [0.2, 0.25) is 0 Å². The van der Waals surface area contributed by atoms with Gasteiger partial charge in [0, 0.05) is 67.3 Å². The number of nitrogens with one attached hydrogen (secondary N) is 1. The number of hydrogen-bond acceptors (Lipinski definition) is 12. The Balaban J connectivity index is 1.58. The number of benzene rings is 2. The number of allylic oxidation sites excluding steroid dienone is 2. The molecule has 4 aromatic rings. The van der Waals surface area contributed by atoms with Gasteiger partial charge in [-0.1, -0.05) is 45.9 Å². The summed E-state index contributed by atoms with van der Waals surface area (Å²) in [7, 11) is 1.46. The van der Waals surface area contributed by atoms with E-state index in [1.54, 1.807) is 63.4 Å². The number of pyridine rings is 1. The number of Topliss-reactive ketones (excluding diaryl/α,β-unsaturated/α-hetero) is 1. The number of ketones is 1. The van der Waals surface area contributed by atoms with E-state index in [1.165, 1.54) is 40.2 Å². The second kappa shape index (κ2) is 15.5. The van der Waals surface area contributed by atoms with Crippen LogP contribution < -0.4 is 10.1 Å². The Bertz CT molecular complexity index is 2380. The number of phenolic OH excluding ortho intramolecular Hbond substituents is 2. The number of aromatic nitrogens is 2. The Morgan fingerprint density at radius 3 is 2.35 bits per heavy atom. The largest absolute Gasteiger partial charge is 0.507 e. The lowest BCUT2D eigenvalue weighted by Gasteiger charge is -2.38. The number of methoxy groups -OCH3 is 1. The van der Waals surface area contributed by atoms with E-state index in [0.717, 1.165) is 5.56 Å². The number of ether oxygens (including phenoxy) is 4. The predicted octanol–water partition coefficient (Wildman–Crippen LogP) is 6.16. The summed E-state index contributed by atoms with van der Waals surface area (Å²) >= 11 is 0. The first kappa shape index (κ1) is 41.2. The number of nitrogens with zero attached hydrogens (tertiary/aromatic N) is 2. The number of rotatable bonds is 2. The van der Waals surface area contributed by atoms with E-state index >= 15 is 0 Å². The molecule has 0 fully saturated rings. The van der Waals surface area contributed by atoms with Gasteiger partial charge >= 0.3 is 11.8 Å². The van der Waals surface area contributed by atoms with Gasteiger partial charge < -0.3 is 44.7 Å². The number of fused-ring (bicyclic) bond motifs is 2. The molecule has 2 aliphatic rings. The molecule has 0 saturated heterocycles. The Morgan fingerprint density at radius 1 is 0.982 bits per heavy atom. The topological polar surface area (TPSA) is 198 Å². The lowest BCUT2D eigenvalue weighted by atomic mass is 9.78. The van der Waals surface area contributed by atoms with Crippen molar-refractivity contribution in [2.75, 3.05) is 12.4 Å². The molecule has 9 atom stereocenters. The fourth-order valence-corrected chi connectivity index (χ4v) is 8.03. The number of aliphatic hydroxyl groups excluding tert-OH is 2. The number of imidazole rings is 1. The Kier molecular flexibility index (Phi) is 11.2. The number of aryl methyl sites for hydroxylation is 1. The van der Waals surface area contributed by atoms with Gasteiger partial charge in [0.05, 0.1) is 35.5 Å². The number of esters is 1. The summed E-state index contributed by atoms with van der Waals surface area (Å²) in [4.78, 5) is 45.6. The van der Waals surface area contributed by atoms with Gasteiger partial charge in [-0.2, -0.15) is 0 Å². The van der Waals surface area contributed by atoms with E-state index in [9.17, 15) is 34.8 Å². The third-order valence-corrected chi connectivity index (χ3v) is 11.5. The summed E-state index contributed by atoms with van der Waals surface area (Å²) in [5.74, 6) is -6.96. The Morgan fingerprint density at radius 2 is 1.68 bits per heavy atom. The molecule has 0 unspecified atom stereocenters. The fourth-order valence-electron chi connectivity index (χ4n) is 8.03. The number of aliphatic hydroxyl groups is 2. The monoisotopic (exact) mass is 785 g/mol. The number of amides is 1. The quantitative estimate of drug-likeness (QED) is 0.115. The molecule has 0 saturated carbocycles. The van der Waals surface area contributed by atoms with Crippen molar-refractivity contribution in [1.29, 1.82) is 0 Å². The van der Waals surface area contributed by atoms with Gasteiger partial charge in [0.1, 0.15) is 40.0 Å². The molecule has 0 aliphatic carbocycles. The number of carbonyl (C=O) groups excluding carboxylic acids is 3. The maximum Gasteiger partial charge on any atom is 0.312 e. The van der Waals surface area contributed by atoms with Gasteiger partial charge in [-0.25, -0.2) is 4.98 Å². The minimum absolute atomic E-state index is 0.0185. The van der Waals surface area contributed by atoms with Crippen LogP contribution in [0.15, 0.2) is 54.5 Å². The Hall–Kier alpha value is -5.44. The van der Waals surface area contributed by atoms with Crippen LogP contribution in [0, 0.1) is 37.5 Å². The minimum atomic E-state index is -1.96. The second-order valence-corrected chi connectivity index (χ2v) is 15.6. The summed E-state index contributed by atoms with van der Waals surface area (Å²) < 4.78 is 25.5. The van der Waals surface area contributed by atoms with Crippen LogP contribution in [0.4, 0.5) is 5.69 Å². The van der Waals surface area contributed by atoms with Crippen molar-refractivity contribution in [2.45, 2.75) is 92.5 Å². The third-order valence-electron chi connectivity index (χ3n) is 11.5. The molecule has 2 aromatic carbocycles. The maximum absolute atomic E-state index is 14.6. The molecule has 4 heterocycles. The van der Waals surface area contributed by atoms with Crippen molar-refractivity contribution in [3.63, 3.8) is 0 Å². The maximum atomic E-state index is 14.6. The van der Waals surface area contributed by atoms with E-state index in [1.807, 2.05) is 19.1 Å². The van der Waals surface area contributed by atoms with Crippen LogP contribution in [0.2, 0.25) is 0 Å². The first-order chi connectivity index (χ1) is 26.8. The van der Waals surface area contributed by atoms with Crippen molar-refractivity contribution in [3.05, 3.63) is 71.2 Å². The average molecular weight is 786 g/mol. The molecule has 0 radical (unpaired) electrons. The van der Waals surface area contributed by atoms with E-state index in [0.29, 0.717) is 5.65 Å². The molecular weight excluding hydrogens is 734 g/mol. The van der Waals surface area contributed by atoms with E-state index in [-0.39, 0.29) is 55.7 Å². The third kappa shape index (κ3) is 7.10. The van der Waals surface area contributed by atoms with Gasteiger partial charge in [0.25, 0.3) is 11.7 Å². The molecule has 57 heavy (non-hydrogen) atoms. The molecule has 6 rings (SSSR count). The van der Waals surface area contributed by atoms with E-state index in [4.69, 9.17) is 23.9 Å². The molecular formula is C43H51N3O11. The Labute approximate surface area is 330 Å². The highest BCUT2D eigenvalue weighted by Crippen LogP contribution is 2.54. The number of anilines is 1. The summed E-state index contributed by atoms with van der Waals surface area (Å²) in [5, 5.41) is 49.4. The van der Waals surface area contributed by atoms with Crippen LogP contribution in [-0.4, -0.2) is 84.8 Å². The van der Waals surface area contributed by atoms with Gasteiger partial charge in [0.15, 0.2) is 5.75 Å². The first-order valence-corrected chi connectivity index (χ1v) is 19.0. The fraction of sp³-hybridized carbons (Fsp3) is 0.442. The number of carbonyl (C=O) groups is 3. The SMILES string of the molecule is CO[C@@H]1/C=C\O[C@@]2(C)Oc3c(C)c(O)c4c(O)c(c5c(nc6cc(C)ccn65)c4c3C2=O)NC(=O)/C(C)=C\C=C/[C@H](C)[C@H](O)[C@H](C)[C@H](O)[C@H](C)[C@@H](OC(C)=O)[C@@H]1C. The second-order valence-electron chi connectivity index (χ2n) is 15.6. The lowest BCUT2D eigenvalue weighted by Crippen LogP contribution is -2.46. The highest BCUT2D eigenvalue weighted by Gasteiger charge is 2.50. The van der Waals surface area contributed by atoms with Crippen molar-refractivity contribution in [3.8, 4) is 17.2 Å². The summed E-state index contributed by atoms with van der Waals surface area (Å²) in [6.07, 6.45) is 5.62. The smallest absolute Gasteiger partial charge is 0.312 e. The molecule has 14 nitrogen and oxygen atoms in total. The zero-order valence-electron chi connectivity index (χ0n) is 33.8. The van der Waals surface area contributed by atoms with Crippen LogP contribution in [0.3, 0.4) is 0 Å². The molecule has 2 aliphatic heterocycles. The van der Waals surface area contributed by atoms with Crippen LogP contribution in [-0.2, 0) is 23.8 Å². The number of phenols is 2. The molecule has 2 aromatic heterocycles. The zero-order chi connectivity index (χ0) is 41.8. The zero-order valence-corrected chi connectivity index (χ0v) is 33.8. The average Bonchev–Trinajstić information content (AvgIpc) is 3.67. The normalized spacial score (nSPS) is 30.8. The first-order valence-electron chi connectivity index (χ1n) is 19.0. The summed E-state index contributed by atoms with van der Waals surface area (Å²) in [6, 6.07) is 3.64. The molecule has 4 bridgehead atoms. The molecule has 14 heteroatoms. The number of hydrogen-bond donors (Lipinski definition) is 5. The number of aromatic hydroxyl groups is 2. The summed E-state index contributed by atoms with van der Waals surface area (Å²) in [6.45, 7) is 14.7. The predicted molar refractivity (Wildman–Crippen MR) is 213 cm³/mol. The van der Waals surface area contributed by atoms with Crippen molar-refractivity contribution < 1.29 is 53.8 Å². The van der Waals surface area contributed by atoms with E-state index in [2.05, 4.69) is 5.32 Å². The highest BCUT2D eigenvalue weighted by atomic mass is 16.7. The lowest BCUT2D eigenvalue weighted by molar-refractivity contribution is -0.160. The van der Waals surface area contributed by atoms with Crippen LogP contribution in [0.5, 0.6) is 17.2 Å². The van der Waals surface area contributed by atoms with Gasteiger partial charge in [-0.05, 0) is 44.5 Å². The van der Waals surface area contributed by atoms with Crippen LogP contribution in [0.1, 0.15) is 70.0 Å². The standard InChI is InChI=1S/C43H51N3O11/c1-19-14-16-46-28(18-19)44-32-29-30-37(50)25(7)40-31(29)41(52)43(9,57-40)55-17-15-27(54-10)22(4)39(56-26(8)47)24(6)36(49)23(5)35(48)20(2)12-11-13-21(3)42(53)45-33(34(32)46)38(30)51/h11-18,20,22-24,27,35-36,39,48-51H,1-10H3,(H,45,53)/b12-11-,17-15-,21-13-/t20-,22+,23-,24-,27+,35-,36-,39-,43-/m0/s1. The van der Waals surface area contributed by atoms with Gasteiger partial charge in [-0.15, -0.1) is 0 Å². The van der Waals surface area contributed by atoms with Crippen molar-refractivity contribution in [1.82, 2.24) is 9.38 Å². The molecule has 304 valence electrons. The highest BCUT2D eigenvalue weighted by molar-refractivity contribution is 6.28. The minimum Gasteiger partial charge on any atom is -0.507 e. The van der Waals surface area contributed by atoms with E-state index < -0.39 is 77.3 Å². The van der Waals surface area contributed by atoms with Crippen LogP contribution in [0.25, 0.3) is 27.5 Å². The summed E-state index contributed by atoms with van der Waals surface area (Å²) in [5.41, 5.74) is 2.18. The van der Waals surface area contributed by atoms with Crippen LogP contribution >= 0.6 is 0 Å². The molecule has 5 N–H and O–H groups in total.